The van der Waals surface area contributed by atoms with Gasteiger partial charge in [0, 0.05) is 19.5 Å². The van der Waals surface area contributed by atoms with E-state index in [4.69, 9.17) is 22.1 Å². The highest BCUT2D eigenvalue weighted by molar-refractivity contribution is 6.28. The molecule has 1 saturated heterocycles. The van der Waals surface area contributed by atoms with Crippen LogP contribution in [-0.2, 0) is 0 Å². The Labute approximate surface area is 153 Å². The predicted octanol–water partition coefficient (Wildman–Crippen LogP) is 3.13. The molecular formula is C17H26ClN5O2. The summed E-state index contributed by atoms with van der Waals surface area (Å²) >= 11 is 5.65. The van der Waals surface area contributed by atoms with E-state index in [2.05, 4.69) is 21.9 Å². The number of amidine groups is 1. The third kappa shape index (κ3) is 6.16. The quantitative estimate of drug-likeness (QED) is 0.473. The van der Waals surface area contributed by atoms with Gasteiger partial charge in [0.2, 0.25) is 5.28 Å². The van der Waals surface area contributed by atoms with Crippen molar-refractivity contribution in [1.82, 2.24) is 14.9 Å². The summed E-state index contributed by atoms with van der Waals surface area (Å²) in [6, 6.07) is -0.212. The molecule has 1 aliphatic heterocycles. The number of halogens is 1. The smallest absolute Gasteiger partial charge is 0.345 e. The maximum atomic E-state index is 12.0. The number of aromatic nitrogens is 2. The van der Waals surface area contributed by atoms with Gasteiger partial charge in [-0.1, -0.05) is 13.8 Å². The van der Waals surface area contributed by atoms with Gasteiger partial charge < -0.3 is 15.4 Å². The van der Waals surface area contributed by atoms with Gasteiger partial charge in [-0.3, -0.25) is 0 Å². The van der Waals surface area contributed by atoms with Crippen LogP contribution in [0.3, 0.4) is 0 Å². The standard InChI is InChI=1S/C17H26ClN5O2/c1-3-15(19)22-17(24)23-7-4-13(5-8-23)12(2)6-9-25-14-10-20-16(18)21-11-14/h10-13H,3-9H2,1-2H3,(H2,19,22,24). The molecule has 25 heavy (non-hydrogen) atoms. The number of carbonyl (C=O) groups is 1. The number of ether oxygens (including phenoxy) is 1. The van der Waals surface area contributed by atoms with Crippen molar-refractivity contribution in [2.24, 2.45) is 22.6 Å². The highest BCUT2D eigenvalue weighted by atomic mass is 35.5. The molecule has 1 unspecified atom stereocenters. The van der Waals surface area contributed by atoms with Gasteiger partial charge in [0.05, 0.1) is 19.0 Å². The SMILES string of the molecule is CCC(N)=NC(=O)N1CCC(C(C)CCOc2cnc(Cl)nc2)CC1. The average Bonchev–Trinajstić information content (AvgIpc) is 2.63. The maximum Gasteiger partial charge on any atom is 0.345 e. The molecule has 8 heteroatoms. The minimum absolute atomic E-state index is 0.212. The van der Waals surface area contributed by atoms with E-state index in [1.807, 2.05) is 6.92 Å². The summed E-state index contributed by atoms with van der Waals surface area (Å²) in [4.78, 5) is 25.5. The Bertz CT molecular complexity index is 585. The van der Waals surface area contributed by atoms with Crippen LogP contribution in [0.15, 0.2) is 17.4 Å². The molecule has 0 spiro atoms. The summed E-state index contributed by atoms with van der Waals surface area (Å²) in [5, 5.41) is 0.215. The van der Waals surface area contributed by atoms with E-state index < -0.39 is 0 Å². The second kappa shape index (κ2) is 9.56. The second-order valence-electron chi connectivity index (χ2n) is 6.37. The average molecular weight is 368 g/mol. The fourth-order valence-corrected chi connectivity index (χ4v) is 3.00. The van der Waals surface area contributed by atoms with Gasteiger partial charge in [0.25, 0.3) is 0 Å². The zero-order valence-electron chi connectivity index (χ0n) is 14.8. The Hall–Kier alpha value is -1.89. The van der Waals surface area contributed by atoms with Gasteiger partial charge in [-0.25, -0.2) is 14.8 Å². The number of piperidine rings is 1. The first-order chi connectivity index (χ1) is 12.0. The van der Waals surface area contributed by atoms with Crippen molar-refractivity contribution in [2.75, 3.05) is 19.7 Å². The number of hydrogen-bond donors (Lipinski definition) is 1. The Kier molecular flexibility index (Phi) is 7.43. The van der Waals surface area contributed by atoms with Crippen molar-refractivity contribution in [1.29, 1.82) is 0 Å². The van der Waals surface area contributed by atoms with Crippen molar-refractivity contribution in [3.8, 4) is 5.75 Å². The van der Waals surface area contributed by atoms with Crippen LogP contribution in [0.4, 0.5) is 4.79 Å². The summed E-state index contributed by atoms with van der Waals surface area (Å²) < 4.78 is 5.66. The third-order valence-corrected chi connectivity index (χ3v) is 4.85. The summed E-state index contributed by atoms with van der Waals surface area (Å²) in [5.41, 5.74) is 5.64. The molecule has 0 saturated carbocycles. The number of nitrogens with two attached hydrogens (primary N) is 1. The molecule has 2 N–H and O–H groups in total. The molecule has 1 aliphatic rings. The summed E-state index contributed by atoms with van der Waals surface area (Å²) in [6.07, 6.45) is 6.66. The fraction of sp³-hybridized carbons (Fsp3) is 0.647. The zero-order valence-corrected chi connectivity index (χ0v) is 15.6. The lowest BCUT2D eigenvalue weighted by atomic mass is 9.84. The largest absolute Gasteiger partial charge is 0.490 e. The van der Waals surface area contributed by atoms with Gasteiger partial charge in [-0.15, -0.1) is 0 Å². The predicted molar refractivity (Wildman–Crippen MR) is 97.9 cm³/mol. The van der Waals surface area contributed by atoms with Crippen molar-refractivity contribution >= 4 is 23.5 Å². The number of rotatable bonds is 6. The zero-order chi connectivity index (χ0) is 18.2. The third-order valence-electron chi connectivity index (χ3n) is 4.65. The van der Waals surface area contributed by atoms with Crippen molar-refractivity contribution in [3.05, 3.63) is 17.7 Å². The minimum Gasteiger partial charge on any atom is -0.490 e. The molecule has 1 aromatic heterocycles. The second-order valence-corrected chi connectivity index (χ2v) is 6.70. The summed E-state index contributed by atoms with van der Waals surface area (Å²) in [5.74, 6) is 2.13. The van der Waals surface area contributed by atoms with Crippen LogP contribution in [0, 0.1) is 11.8 Å². The van der Waals surface area contributed by atoms with Crippen LogP contribution >= 0.6 is 11.6 Å². The van der Waals surface area contributed by atoms with E-state index in [-0.39, 0.29) is 11.3 Å². The van der Waals surface area contributed by atoms with Crippen LogP contribution < -0.4 is 10.5 Å². The molecule has 2 heterocycles. The Morgan fingerprint density at radius 1 is 1.44 bits per heavy atom. The van der Waals surface area contributed by atoms with E-state index in [0.29, 0.717) is 36.4 Å². The molecule has 2 rings (SSSR count). The molecular weight excluding hydrogens is 342 g/mol. The van der Waals surface area contributed by atoms with Gasteiger partial charge >= 0.3 is 6.03 Å². The lowest BCUT2D eigenvalue weighted by molar-refractivity contribution is 0.149. The highest BCUT2D eigenvalue weighted by Gasteiger charge is 2.26. The van der Waals surface area contributed by atoms with Crippen molar-refractivity contribution in [3.63, 3.8) is 0 Å². The number of hydrogen-bond acceptors (Lipinski definition) is 4. The molecule has 0 aliphatic carbocycles. The Morgan fingerprint density at radius 2 is 2.08 bits per heavy atom. The number of urea groups is 1. The van der Waals surface area contributed by atoms with Gasteiger partial charge in [-0.2, -0.15) is 4.99 Å². The summed E-state index contributed by atoms with van der Waals surface area (Å²) in [6.45, 7) is 6.21. The topological polar surface area (TPSA) is 93.7 Å². The maximum absolute atomic E-state index is 12.0. The number of likely N-dealkylation sites (tertiary alicyclic amines) is 1. The van der Waals surface area contributed by atoms with Crippen LogP contribution in [0.1, 0.15) is 39.5 Å². The van der Waals surface area contributed by atoms with Crippen molar-refractivity contribution < 1.29 is 9.53 Å². The van der Waals surface area contributed by atoms with Gasteiger partial charge in [0.1, 0.15) is 5.84 Å². The molecule has 1 fully saturated rings. The molecule has 1 atom stereocenters. The first kappa shape index (κ1) is 19.4. The minimum atomic E-state index is -0.212. The van der Waals surface area contributed by atoms with Crippen LogP contribution in [0.5, 0.6) is 5.75 Å². The van der Waals surface area contributed by atoms with Gasteiger partial charge in [0.15, 0.2) is 5.75 Å². The van der Waals surface area contributed by atoms with Crippen LogP contribution in [-0.4, -0.2) is 46.4 Å². The first-order valence-corrected chi connectivity index (χ1v) is 9.09. The van der Waals surface area contributed by atoms with E-state index in [0.717, 1.165) is 32.4 Å². The monoisotopic (exact) mass is 367 g/mol. The molecule has 2 amide bonds. The van der Waals surface area contributed by atoms with E-state index in [9.17, 15) is 4.79 Å². The van der Waals surface area contributed by atoms with E-state index in [1.165, 1.54) is 0 Å². The van der Waals surface area contributed by atoms with Crippen LogP contribution in [0.25, 0.3) is 0 Å². The normalized spacial score (nSPS) is 17.4. The fourth-order valence-electron chi connectivity index (χ4n) is 2.91. The number of nitrogens with zero attached hydrogens (tertiary/aromatic N) is 4. The molecule has 138 valence electrons. The molecule has 0 aromatic carbocycles. The molecule has 7 nitrogen and oxygen atoms in total. The van der Waals surface area contributed by atoms with Crippen LogP contribution in [0.2, 0.25) is 5.28 Å². The summed E-state index contributed by atoms with van der Waals surface area (Å²) in [7, 11) is 0. The molecule has 0 radical (unpaired) electrons. The van der Waals surface area contributed by atoms with E-state index in [1.54, 1.807) is 17.3 Å². The van der Waals surface area contributed by atoms with Gasteiger partial charge in [-0.05, 0) is 42.7 Å². The number of carbonyl (C=O) groups excluding carboxylic acids is 1. The molecule has 0 bridgehead atoms. The Balaban J connectivity index is 1.71. The molecule has 1 aromatic rings. The number of aliphatic imine (C=N–C) groups is 1. The lowest BCUT2D eigenvalue weighted by Gasteiger charge is -2.34. The van der Waals surface area contributed by atoms with Crippen molar-refractivity contribution in [2.45, 2.75) is 39.5 Å². The van der Waals surface area contributed by atoms with E-state index >= 15 is 0 Å². The number of amides is 2. The first-order valence-electron chi connectivity index (χ1n) is 8.71. The lowest BCUT2D eigenvalue weighted by Crippen LogP contribution is -2.39. The highest BCUT2D eigenvalue weighted by Crippen LogP contribution is 2.27. The Morgan fingerprint density at radius 3 is 2.68 bits per heavy atom.